The number of hydrogen-bond acceptors (Lipinski definition) is 6. The predicted molar refractivity (Wildman–Crippen MR) is 74.3 cm³/mol. The van der Waals surface area contributed by atoms with E-state index in [4.69, 9.17) is 29.7 Å². The fraction of sp³-hybridized carbons (Fsp3) is 0.143. The van der Waals surface area contributed by atoms with Crippen LogP contribution in [0.1, 0.15) is 23.7 Å². The smallest absolute Gasteiger partial charge is 0.526 e. The van der Waals surface area contributed by atoms with Crippen molar-refractivity contribution in [1.82, 2.24) is 0 Å². The maximum Gasteiger partial charge on any atom is 0.658 e. The zero-order chi connectivity index (χ0) is 15.2. The van der Waals surface area contributed by atoms with Crippen LogP contribution < -0.4 is 9.31 Å². The molecule has 0 aromatic heterocycles. The van der Waals surface area contributed by atoms with Gasteiger partial charge in [0.05, 0.1) is 0 Å². The molecule has 0 atom stereocenters. The molecule has 0 spiro atoms. The minimum Gasteiger partial charge on any atom is -0.526 e. The maximum atomic E-state index is 9.05. The van der Waals surface area contributed by atoms with E-state index in [1.807, 2.05) is 0 Å². The van der Waals surface area contributed by atoms with Crippen molar-refractivity contribution in [3.8, 4) is 11.5 Å². The molecule has 7 heteroatoms. The van der Waals surface area contributed by atoms with Crippen LogP contribution >= 0.6 is 0 Å². The molecule has 2 aromatic carbocycles. The van der Waals surface area contributed by atoms with Crippen LogP contribution in [0.5, 0.6) is 11.5 Å². The average molecular weight is 289 g/mol. The fourth-order valence-corrected chi connectivity index (χ4v) is 1.63. The van der Waals surface area contributed by atoms with Gasteiger partial charge in [-0.1, -0.05) is 24.3 Å². The van der Waals surface area contributed by atoms with Crippen LogP contribution in [0.4, 0.5) is 0 Å². The highest BCUT2D eigenvalue weighted by Gasteiger charge is 2.07. The zero-order valence-corrected chi connectivity index (χ0v) is 11.0. The van der Waals surface area contributed by atoms with Gasteiger partial charge in [0, 0.05) is 11.1 Å². The monoisotopic (exact) mass is 289 g/mol. The van der Waals surface area contributed by atoms with Crippen LogP contribution in [0.15, 0.2) is 48.5 Å². The van der Waals surface area contributed by atoms with Crippen molar-refractivity contribution in [3.63, 3.8) is 0 Å². The summed E-state index contributed by atoms with van der Waals surface area (Å²) in [7, 11) is 1.06. The Hall–Kier alpha value is -2.06. The molecule has 6 nitrogen and oxygen atoms in total. The summed E-state index contributed by atoms with van der Waals surface area (Å²) in [6, 6.07) is 12.5. The normalized spacial score (nSPS) is 10.8. The summed E-state index contributed by atoms with van der Waals surface area (Å²) in [5.41, 5.74) is 0.595. The second kappa shape index (κ2) is 7.10. The maximum absolute atomic E-state index is 9.05. The third kappa shape index (κ3) is 4.47. The molecular weight excluding hydrogens is 275 g/mol. The second-order valence-electron chi connectivity index (χ2n) is 4.22. The third-order valence-electron chi connectivity index (χ3n) is 2.68. The van der Waals surface area contributed by atoms with Gasteiger partial charge in [-0.3, -0.25) is 0 Å². The van der Waals surface area contributed by atoms with E-state index in [1.54, 1.807) is 36.4 Å². The lowest BCUT2D eigenvalue weighted by Gasteiger charge is -2.10. The van der Waals surface area contributed by atoms with E-state index in [1.165, 1.54) is 12.1 Å². The highest BCUT2D eigenvalue weighted by Crippen LogP contribution is 2.19. The lowest BCUT2D eigenvalue weighted by atomic mass is 10.2. The van der Waals surface area contributed by atoms with Gasteiger partial charge < -0.3 is 29.7 Å². The van der Waals surface area contributed by atoms with Crippen molar-refractivity contribution in [3.05, 3.63) is 59.7 Å². The molecule has 1 radical (unpaired) electrons. The highest BCUT2D eigenvalue weighted by molar-refractivity contribution is 6.20. The molecule has 2 rings (SSSR count). The molecular formula is C14H14BO6. The van der Waals surface area contributed by atoms with Crippen molar-refractivity contribution < 1.29 is 29.7 Å². The molecule has 21 heavy (non-hydrogen) atoms. The van der Waals surface area contributed by atoms with Crippen molar-refractivity contribution >= 4 is 7.69 Å². The summed E-state index contributed by atoms with van der Waals surface area (Å²) >= 11 is 0. The number of aliphatic hydroxyl groups excluding tert-OH is 2. The minimum atomic E-state index is -1.57. The Morgan fingerprint density at radius 1 is 0.714 bits per heavy atom. The summed E-state index contributed by atoms with van der Waals surface area (Å²) < 4.78 is 10.4. The van der Waals surface area contributed by atoms with Crippen LogP contribution in [-0.2, 0) is 0 Å². The SMILES string of the molecule is OC(O)c1cccc(O[B]Oc2cccc(C(O)O)c2)c1. The Morgan fingerprint density at radius 2 is 1.14 bits per heavy atom. The van der Waals surface area contributed by atoms with E-state index in [2.05, 4.69) is 0 Å². The first kappa shape index (κ1) is 15.3. The standard InChI is InChI=1S/C14H14BO6/c16-13(17)9-3-1-5-11(7-9)20-15-21-12-6-2-4-10(8-12)14(18)19/h1-8,13-14,16-19H. The summed E-state index contributed by atoms with van der Waals surface area (Å²) in [4.78, 5) is 0. The van der Waals surface area contributed by atoms with Gasteiger partial charge in [0.25, 0.3) is 0 Å². The predicted octanol–water partition coefficient (Wildman–Crippen LogP) is 0.645. The van der Waals surface area contributed by atoms with Gasteiger partial charge in [-0.2, -0.15) is 0 Å². The van der Waals surface area contributed by atoms with Gasteiger partial charge in [-0.15, -0.1) is 0 Å². The summed E-state index contributed by atoms with van der Waals surface area (Å²) in [6.45, 7) is 0. The van der Waals surface area contributed by atoms with E-state index in [0.29, 0.717) is 22.6 Å². The molecule has 0 amide bonds. The first-order valence-electron chi connectivity index (χ1n) is 6.13. The summed E-state index contributed by atoms with van der Waals surface area (Å²) in [6.07, 6.45) is -3.14. The lowest BCUT2D eigenvalue weighted by Crippen LogP contribution is -2.11. The average Bonchev–Trinajstić information content (AvgIpc) is 2.48. The van der Waals surface area contributed by atoms with E-state index in [0.717, 1.165) is 7.69 Å². The van der Waals surface area contributed by atoms with Crippen LogP contribution in [0.2, 0.25) is 0 Å². The third-order valence-corrected chi connectivity index (χ3v) is 2.68. The van der Waals surface area contributed by atoms with E-state index >= 15 is 0 Å². The van der Waals surface area contributed by atoms with Crippen LogP contribution in [0.3, 0.4) is 0 Å². The molecule has 0 aliphatic heterocycles. The lowest BCUT2D eigenvalue weighted by molar-refractivity contribution is -0.0431. The van der Waals surface area contributed by atoms with E-state index < -0.39 is 12.6 Å². The molecule has 0 saturated heterocycles. The minimum absolute atomic E-state index is 0.298. The Labute approximate surface area is 122 Å². The van der Waals surface area contributed by atoms with Crippen molar-refractivity contribution in [2.75, 3.05) is 0 Å². The van der Waals surface area contributed by atoms with Crippen molar-refractivity contribution in [2.24, 2.45) is 0 Å². The molecule has 0 fully saturated rings. The van der Waals surface area contributed by atoms with Gasteiger partial charge in [-0.05, 0) is 24.3 Å². The van der Waals surface area contributed by atoms with E-state index in [-0.39, 0.29) is 0 Å². The van der Waals surface area contributed by atoms with Crippen molar-refractivity contribution in [1.29, 1.82) is 0 Å². The molecule has 0 unspecified atom stereocenters. The van der Waals surface area contributed by atoms with Crippen LogP contribution in [0.25, 0.3) is 0 Å². The summed E-state index contributed by atoms with van der Waals surface area (Å²) in [5, 5.41) is 36.2. The first-order valence-corrected chi connectivity index (χ1v) is 6.13. The van der Waals surface area contributed by atoms with Gasteiger partial charge in [-0.25, -0.2) is 0 Å². The fourth-order valence-electron chi connectivity index (χ4n) is 1.63. The molecule has 4 N–H and O–H groups in total. The highest BCUT2D eigenvalue weighted by atomic mass is 16.6. The van der Waals surface area contributed by atoms with E-state index in [9.17, 15) is 0 Å². The Balaban J connectivity index is 1.92. The summed E-state index contributed by atoms with van der Waals surface area (Å²) in [5.74, 6) is 0.748. The van der Waals surface area contributed by atoms with Crippen LogP contribution in [0, 0.1) is 0 Å². The largest absolute Gasteiger partial charge is 0.658 e. The first-order chi connectivity index (χ1) is 10.1. The molecule has 0 heterocycles. The van der Waals surface area contributed by atoms with Gasteiger partial charge in [0.15, 0.2) is 12.6 Å². The van der Waals surface area contributed by atoms with Gasteiger partial charge in [0.1, 0.15) is 11.5 Å². The molecule has 2 aromatic rings. The van der Waals surface area contributed by atoms with Gasteiger partial charge >= 0.3 is 7.69 Å². The second-order valence-corrected chi connectivity index (χ2v) is 4.22. The molecule has 109 valence electrons. The number of aliphatic hydroxyl groups is 4. The number of hydrogen-bond donors (Lipinski definition) is 4. The molecule has 0 aliphatic rings. The quantitative estimate of drug-likeness (QED) is 0.460. The number of benzene rings is 2. The topological polar surface area (TPSA) is 99.4 Å². The van der Waals surface area contributed by atoms with Crippen LogP contribution in [-0.4, -0.2) is 28.1 Å². The molecule has 0 bridgehead atoms. The molecule has 0 saturated carbocycles. The molecule has 0 aliphatic carbocycles. The number of rotatable bonds is 6. The zero-order valence-electron chi connectivity index (χ0n) is 11.0. The van der Waals surface area contributed by atoms with Crippen molar-refractivity contribution in [2.45, 2.75) is 12.6 Å². The Bertz CT molecular complexity index is 536. The Morgan fingerprint density at radius 3 is 1.52 bits per heavy atom. The van der Waals surface area contributed by atoms with Gasteiger partial charge in [0.2, 0.25) is 0 Å². The Kier molecular flexibility index (Phi) is 5.18.